The molecule has 0 heterocycles. The number of nitrogens with two attached hydrogens (primary N) is 1. The highest BCUT2D eigenvalue weighted by molar-refractivity contribution is 7.89. The summed E-state index contributed by atoms with van der Waals surface area (Å²) in [5, 5.41) is 23.0. The Morgan fingerprint density at radius 1 is 1.03 bits per heavy atom. The average Bonchev–Trinajstić information content (AvgIpc) is 2.81. The Balaban J connectivity index is 2.27. The fourth-order valence-corrected chi connectivity index (χ4v) is 5.89. The predicted octanol–water partition coefficient (Wildman–Crippen LogP) is 3.65. The van der Waals surface area contributed by atoms with Gasteiger partial charge >= 0.3 is 0 Å². The van der Waals surface area contributed by atoms with Gasteiger partial charge in [-0.05, 0) is 60.3 Å². The van der Waals surface area contributed by atoms with E-state index >= 15 is 0 Å². The minimum absolute atomic E-state index is 0.0396. The summed E-state index contributed by atoms with van der Waals surface area (Å²) in [5.74, 6) is -0.427. The van der Waals surface area contributed by atoms with Gasteiger partial charge in [0.25, 0.3) is 0 Å². The molecule has 0 saturated heterocycles. The van der Waals surface area contributed by atoms with E-state index in [0.29, 0.717) is 24.8 Å². The maximum atomic E-state index is 13.5. The number of nitrogens with zero attached hydrogens (tertiary/aromatic N) is 2. The third kappa shape index (κ3) is 9.37. The number of hydrogen-bond donors (Lipinski definition) is 3. The third-order valence-corrected chi connectivity index (χ3v) is 7.99. The fourth-order valence-electron chi connectivity index (χ4n) is 4.27. The summed E-state index contributed by atoms with van der Waals surface area (Å²) in [6.45, 7) is 6.04. The zero-order chi connectivity index (χ0) is 26.7. The second kappa shape index (κ2) is 14.1. The monoisotopic (exact) mass is 517 g/mol. The van der Waals surface area contributed by atoms with Gasteiger partial charge in [-0.15, -0.1) is 0 Å². The Kier molecular flexibility index (Phi) is 11.6. The molecule has 8 nitrogen and oxygen atoms in total. The number of benzene rings is 2. The van der Waals surface area contributed by atoms with E-state index in [4.69, 9.17) is 10.9 Å². The summed E-state index contributed by atoms with van der Waals surface area (Å²) >= 11 is 0. The highest BCUT2D eigenvalue weighted by Gasteiger charge is 2.30. The van der Waals surface area contributed by atoms with Crippen LogP contribution in [0.1, 0.15) is 51.2 Å². The zero-order valence-corrected chi connectivity index (χ0v) is 22.1. The number of oxime groups is 1. The zero-order valence-electron chi connectivity index (χ0n) is 21.3. The van der Waals surface area contributed by atoms with Crippen LogP contribution in [-0.4, -0.2) is 54.4 Å². The molecule has 1 amide bonds. The van der Waals surface area contributed by atoms with Crippen LogP contribution in [0, 0.1) is 17.8 Å². The molecule has 0 bridgehead atoms. The molecule has 0 aliphatic rings. The third-order valence-electron chi connectivity index (χ3n) is 6.15. The Labute approximate surface area is 214 Å². The number of aliphatic hydroxyl groups is 1. The van der Waals surface area contributed by atoms with Crippen LogP contribution in [0.2, 0.25) is 0 Å². The van der Waals surface area contributed by atoms with Crippen LogP contribution < -0.4 is 5.73 Å². The number of amides is 1. The molecular formula is C27H39N3O5S. The van der Waals surface area contributed by atoms with E-state index in [1.165, 1.54) is 22.7 Å². The van der Waals surface area contributed by atoms with E-state index in [-0.39, 0.29) is 48.1 Å². The van der Waals surface area contributed by atoms with Gasteiger partial charge in [-0.3, -0.25) is 4.79 Å². The van der Waals surface area contributed by atoms with Gasteiger partial charge in [0.2, 0.25) is 15.9 Å². The molecular weight excluding hydrogens is 478 g/mol. The maximum Gasteiger partial charge on any atom is 0.243 e. The van der Waals surface area contributed by atoms with Gasteiger partial charge in [0.05, 0.1) is 17.2 Å². The molecule has 1 unspecified atom stereocenters. The van der Waals surface area contributed by atoms with Crippen LogP contribution >= 0.6 is 0 Å². The SMILES string of the molecule is CC(C)CN(C[C@H](O)[C@@H](CCC(C)CC(N)=O)Cc1ccccc1)S(=O)(=O)c1ccc(C=NO)cc1. The van der Waals surface area contributed by atoms with Crippen LogP contribution in [0.25, 0.3) is 0 Å². The predicted molar refractivity (Wildman–Crippen MR) is 141 cm³/mol. The summed E-state index contributed by atoms with van der Waals surface area (Å²) in [4.78, 5) is 11.4. The molecule has 0 aliphatic heterocycles. The molecule has 3 atom stereocenters. The molecule has 0 aliphatic carbocycles. The van der Waals surface area contributed by atoms with Gasteiger partial charge in [-0.1, -0.05) is 68.4 Å². The summed E-state index contributed by atoms with van der Waals surface area (Å²) in [7, 11) is -3.87. The number of carbonyl (C=O) groups excluding carboxylic acids is 1. The number of rotatable bonds is 15. The van der Waals surface area contributed by atoms with Crippen LogP contribution in [0.15, 0.2) is 64.6 Å². The lowest BCUT2D eigenvalue weighted by Gasteiger charge is -2.31. The van der Waals surface area contributed by atoms with Gasteiger partial charge in [-0.2, -0.15) is 4.31 Å². The summed E-state index contributed by atoms with van der Waals surface area (Å²) < 4.78 is 28.4. The van der Waals surface area contributed by atoms with Crippen molar-refractivity contribution in [2.75, 3.05) is 13.1 Å². The van der Waals surface area contributed by atoms with E-state index in [1.54, 1.807) is 12.1 Å². The van der Waals surface area contributed by atoms with Crippen molar-refractivity contribution in [1.82, 2.24) is 4.31 Å². The van der Waals surface area contributed by atoms with E-state index in [2.05, 4.69) is 5.16 Å². The van der Waals surface area contributed by atoms with E-state index in [9.17, 15) is 18.3 Å². The maximum absolute atomic E-state index is 13.5. The second-order valence-electron chi connectivity index (χ2n) is 9.90. The summed E-state index contributed by atoms with van der Waals surface area (Å²) in [6, 6.07) is 15.9. The Bertz CT molecular complexity index is 1070. The Morgan fingerprint density at radius 2 is 1.67 bits per heavy atom. The number of primary amides is 1. The minimum atomic E-state index is -3.87. The first-order chi connectivity index (χ1) is 17.0. The molecule has 0 spiro atoms. The molecule has 2 rings (SSSR count). The highest BCUT2D eigenvalue weighted by Crippen LogP contribution is 2.25. The van der Waals surface area contributed by atoms with Crippen molar-refractivity contribution in [2.45, 2.75) is 57.5 Å². The molecule has 0 radical (unpaired) electrons. The molecule has 0 saturated carbocycles. The topological polar surface area (TPSA) is 133 Å². The molecule has 4 N–H and O–H groups in total. The molecule has 9 heteroatoms. The number of carbonyl (C=O) groups is 1. The first-order valence-electron chi connectivity index (χ1n) is 12.3. The van der Waals surface area contributed by atoms with Crippen molar-refractivity contribution >= 4 is 22.1 Å². The summed E-state index contributed by atoms with van der Waals surface area (Å²) in [5.41, 5.74) is 6.97. The average molecular weight is 518 g/mol. The van der Waals surface area contributed by atoms with Gasteiger partial charge in [0.15, 0.2) is 0 Å². The summed E-state index contributed by atoms with van der Waals surface area (Å²) in [6.07, 6.45) is 2.52. The molecule has 36 heavy (non-hydrogen) atoms. The molecule has 198 valence electrons. The lowest BCUT2D eigenvalue weighted by molar-refractivity contribution is -0.118. The normalized spacial score (nSPS) is 14.8. The largest absolute Gasteiger partial charge is 0.411 e. The van der Waals surface area contributed by atoms with Gasteiger partial charge in [0.1, 0.15) is 0 Å². The first-order valence-corrected chi connectivity index (χ1v) is 13.7. The van der Waals surface area contributed by atoms with E-state index < -0.39 is 16.1 Å². The Hall–Kier alpha value is -2.75. The standard InChI is InChI=1S/C27H39N3O5S/c1-20(2)18-30(36(34,35)25-13-10-23(11-14-25)17-29-33)19-26(31)24(12-9-21(3)15-27(28)32)16-22-7-5-4-6-8-22/h4-8,10-11,13-14,17,20-21,24,26,31,33H,9,12,15-16,18-19H2,1-3H3,(H2,28,32)/t21?,24-,26-/m0/s1. The van der Waals surface area contributed by atoms with Crippen molar-refractivity contribution < 1.29 is 23.5 Å². The van der Waals surface area contributed by atoms with Crippen LogP contribution in [0.3, 0.4) is 0 Å². The second-order valence-corrected chi connectivity index (χ2v) is 11.8. The van der Waals surface area contributed by atoms with Crippen molar-refractivity contribution in [3.05, 3.63) is 65.7 Å². The lowest BCUT2D eigenvalue weighted by Crippen LogP contribution is -2.42. The lowest BCUT2D eigenvalue weighted by atomic mass is 9.86. The smallest absolute Gasteiger partial charge is 0.243 e. The highest BCUT2D eigenvalue weighted by atomic mass is 32.2. The Morgan fingerprint density at radius 3 is 2.22 bits per heavy atom. The molecule has 2 aromatic rings. The van der Waals surface area contributed by atoms with Gasteiger partial charge in [-0.25, -0.2) is 8.42 Å². The fraction of sp³-hybridized carbons (Fsp3) is 0.481. The number of aliphatic hydroxyl groups excluding tert-OH is 1. The van der Waals surface area contributed by atoms with Gasteiger partial charge < -0.3 is 16.0 Å². The van der Waals surface area contributed by atoms with E-state index in [0.717, 1.165) is 5.56 Å². The number of hydrogen-bond acceptors (Lipinski definition) is 6. The molecule has 0 fully saturated rings. The van der Waals surface area contributed by atoms with Gasteiger partial charge in [0, 0.05) is 19.5 Å². The molecule has 0 aromatic heterocycles. The first kappa shape index (κ1) is 29.5. The van der Waals surface area contributed by atoms with Crippen LogP contribution in [0.5, 0.6) is 0 Å². The minimum Gasteiger partial charge on any atom is -0.411 e. The van der Waals surface area contributed by atoms with Crippen molar-refractivity contribution in [3.8, 4) is 0 Å². The number of sulfonamides is 1. The van der Waals surface area contributed by atoms with E-state index in [1.807, 2.05) is 51.1 Å². The molecule has 2 aromatic carbocycles. The van der Waals surface area contributed by atoms with Crippen molar-refractivity contribution in [2.24, 2.45) is 28.6 Å². The quantitative estimate of drug-likeness (QED) is 0.188. The van der Waals surface area contributed by atoms with Crippen LogP contribution in [-0.2, 0) is 21.2 Å². The van der Waals surface area contributed by atoms with Crippen molar-refractivity contribution in [3.63, 3.8) is 0 Å². The van der Waals surface area contributed by atoms with Crippen LogP contribution in [0.4, 0.5) is 0 Å². The van der Waals surface area contributed by atoms with Crippen molar-refractivity contribution in [1.29, 1.82) is 0 Å².